The summed E-state index contributed by atoms with van der Waals surface area (Å²) in [7, 11) is 0. The van der Waals surface area contributed by atoms with Crippen LogP contribution >= 0.6 is 11.8 Å². The standard InChI is InChI=1S/C15H22N2O3S/c18-15(19)14-13(20-12-3-1-2-4-12)9-16-17(14)10-11-5-7-21-8-6-11/h9,11-12H,1-8,10H2,(H,18,19). The van der Waals surface area contributed by atoms with Crippen molar-refractivity contribution in [3.8, 4) is 5.75 Å². The van der Waals surface area contributed by atoms with Gasteiger partial charge in [0.2, 0.25) is 0 Å². The zero-order chi connectivity index (χ0) is 14.7. The summed E-state index contributed by atoms with van der Waals surface area (Å²) in [6.07, 6.45) is 8.40. The Morgan fingerprint density at radius 3 is 2.71 bits per heavy atom. The first kappa shape index (κ1) is 14.8. The molecule has 0 spiro atoms. The van der Waals surface area contributed by atoms with Crippen molar-refractivity contribution < 1.29 is 14.6 Å². The number of carboxylic acid groups (broad SMARTS) is 1. The summed E-state index contributed by atoms with van der Waals surface area (Å²) >= 11 is 1.98. The van der Waals surface area contributed by atoms with E-state index in [4.69, 9.17) is 4.74 Å². The lowest BCUT2D eigenvalue weighted by atomic mass is 10.0. The number of aromatic nitrogens is 2. The van der Waals surface area contributed by atoms with E-state index in [9.17, 15) is 9.90 Å². The zero-order valence-corrected chi connectivity index (χ0v) is 13.0. The van der Waals surface area contributed by atoms with E-state index < -0.39 is 5.97 Å². The minimum absolute atomic E-state index is 0.159. The first-order valence-corrected chi connectivity index (χ1v) is 8.93. The zero-order valence-electron chi connectivity index (χ0n) is 12.2. The van der Waals surface area contributed by atoms with Crippen LogP contribution in [-0.2, 0) is 6.54 Å². The van der Waals surface area contributed by atoms with Crippen LogP contribution in [0.4, 0.5) is 0 Å². The molecule has 21 heavy (non-hydrogen) atoms. The second kappa shape index (κ2) is 6.73. The predicted molar refractivity (Wildman–Crippen MR) is 82.1 cm³/mol. The second-order valence-corrected chi connectivity index (χ2v) is 7.15. The van der Waals surface area contributed by atoms with Crippen LogP contribution in [0.2, 0.25) is 0 Å². The van der Waals surface area contributed by atoms with E-state index in [0.717, 1.165) is 25.7 Å². The second-order valence-electron chi connectivity index (χ2n) is 5.92. The van der Waals surface area contributed by atoms with E-state index in [1.165, 1.54) is 24.3 Å². The molecule has 1 aromatic rings. The molecule has 1 N–H and O–H groups in total. The highest BCUT2D eigenvalue weighted by atomic mass is 32.2. The van der Waals surface area contributed by atoms with Crippen LogP contribution in [0.25, 0.3) is 0 Å². The summed E-state index contributed by atoms with van der Waals surface area (Å²) in [6.45, 7) is 0.691. The molecule has 1 saturated heterocycles. The van der Waals surface area contributed by atoms with Crippen LogP contribution in [0.1, 0.15) is 49.0 Å². The van der Waals surface area contributed by atoms with Gasteiger partial charge in [0, 0.05) is 6.54 Å². The molecular weight excluding hydrogens is 288 g/mol. The first-order valence-electron chi connectivity index (χ1n) is 7.77. The molecule has 116 valence electrons. The van der Waals surface area contributed by atoms with E-state index >= 15 is 0 Å². The number of nitrogens with zero attached hydrogens (tertiary/aromatic N) is 2. The maximum absolute atomic E-state index is 11.6. The topological polar surface area (TPSA) is 64.3 Å². The number of carbonyl (C=O) groups is 1. The summed E-state index contributed by atoms with van der Waals surface area (Å²) in [5, 5.41) is 13.8. The van der Waals surface area contributed by atoms with E-state index in [1.807, 2.05) is 11.8 Å². The van der Waals surface area contributed by atoms with Gasteiger partial charge < -0.3 is 9.84 Å². The molecule has 6 heteroatoms. The normalized spacial score (nSPS) is 20.8. The van der Waals surface area contributed by atoms with Crippen molar-refractivity contribution in [2.75, 3.05) is 11.5 Å². The van der Waals surface area contributed by atoms with Gasteiger partial charge in [-0.05, 0) is 55.9 Å². The lowest BCUT2D eigenvalue weighted by Crippen LogP contribution is -2.21. The third kappa shape index (κ3) is 3.54. The first-order chi connectivity index (χ1) is 10.2. The van der Waals surface area contributed by atoms with E-state index in [-0.39, 0.29) is 11.8 Å². The van der Waals surface area contributed by atoms with Gasteiger partial charge in [0.1, 0.15) is 0 Å². The Balaban J connectivity index is 1.73. The summed E-state index contributed by atoms with van der Waals surface area (Å²) < 4.78 is 7.50. The van der Waals surface area contributed by atoms with Gasteiger partial charge in [-0.1, -0.05) is 0 Å². The Kier molecular flexibility index (Phi) is 4.73. The average Bonchev–Trinajstić information content (AvgIpc) is 3.11. The number of thioether (sulfide) groups is 1. The lowest BCUT2D eigenvalue weighted by Gasteiger charge is -2.21. The largest absolute Gasteiger partial charge is 0.486 e. The Labute approximate surface area is 129 Å². The highest BCUT2D eigenvalue weighted by Crippen LogP contribution is 2.29. The van der Waals surface area contributed by atoms with Crippen LogP contribution in [0.15, 0.2) is 6.20 Å². The Morgan fingerprint density at radius 2 is 2.05 bits per heavy atom. The number of carboxylic acids is 1. The molecule has 0 amide bonds. The number of ether oxygens (including phenoxy) is 1. The summed E-state index contributed by atoms with van der Waals surface area (Å²) in [4.78, 5) is 11.6. The van der Waals surface area contributed by atoms with E-state index in [0.29, 0.717) is 18.2 Å². The molecule has 2 heterocycles. The third-order valence-corrected chi connectivity index (χ3v) is 5.43. The van der Waals surface area contributed by atoms with Crippen molar-refractivity contribution in [1.82, 2.24) is 9.78 Å². The van der Waals surface area contributed by atoms with Crippen LogP contribution in [0, 0.1) is 5.92 Å². The molecule has 2 aliphatic rings. The van der Waals surface area contributed by atoms with Crippen LogP contribution in [-0.4, -0.2) is 38.5 Å². The van der Waals surface area contributed by atoms with Crippen molar-refractivity contribution in [3.05, 3.63) is 11.9 Å². The maximum atomic E-state index is 11.6. The van der Waals surface area contributed by atoms with Crippen molar-refractivity contribution in [2.24, 2.45) is 5.92 Å². The van der Waals surface area contributed by atoms with Gasteiger partial charge in [0.15, 0.2) is 11.4 Å². The summed E-state index contributed by atoms with van der Waals surface area (Å²) in [6, 6.07) is 0. The molecule has 0 unspecified atom stereocenters. The number of rotatable bonds is 5. The van der Waals surface area contributed by atoms with Gasteiger partial charge in [-0.15, -0.1) is 0 Å². The molecule has 0 atom stereocenters. The molecule has 0 aromatic carbocycles. The fourth-order valence-electron chi connectivity index (χ4n) is 3.17. The monoisotopic (exact) mass is 310 g/mol. The molecular formula is C15H22N2O3S. The minimum atomic E-state index is -0.939. The average molecular weight is 310 g/mol. The molecule has 1 aliphatic heterocycles. The quantitative estimate of drug-likeness (QED) is 0.905. The summed E-state index contributed by atoms with van der Waals surface area (Å²) in [5.41, 5.74) is 0.222. The molecule has 0 bridgehead atoms. The van der Waals surface area contributed by atoms with E-state index in [1.54, 1.807) is 10.9 Å². The smallest absolute Gasteiger partial charge is 0.358 e. The Hall–Kier alpha value is -1.17. The van der Waals surface area contributed by atoms with Crippen molar-refractivity contribution >= 4 is 17.7 Å². The van der Waals surface area contributed by atoms with Crippen LogP contribution in [0.3, 0.4) is 0 Å². The fraction of sp³-hybridized carbons (Fsp3) is 0.733. The van der Waals surface area contributed by atoms with Crippen molar-refractivity contribution in [3.63, 3.8) is 0 Å². The van der Waals surface area contributed by atoms with Gasteiger partial charge >= 0.3 is 5.97 Å². The number of aromatic carboxylic acids is 1. The Bertz CT molecular complexity index is 491. The fourth-order valence-corrected chi connectivity index (χ4v) is 4.37. The third-order valence-electron chi connectivity index (χ3n) is 4.38. The van der Waals surface area contributed by atoms with Gasteiger partial charge in [0.05, 0.1) is 12.3 Å². The van der Waals surface area contributed by atoms with Crippen LogP contribution < -0.4 is 4.74 Å². The van der Waals surface area contributed by atoms with Gasteiger partial charge in [-0.25, -0.2) is 4.79 Å². The molecule has 2 fully saturated rings. The predicted octanol–water partition coefficient (Wildman–Crippen LogP) is 3.05. The number of hydrogen-bond acceptors (Lipinski definition) is 4. The van der Waals surface area contributed by atoms with E-state index in [2.05, 4.69) is 5.10 Å². The lowest BCUT2D eigenvalue weighted by molar-refractivity contribution is 0.0673. The van der Waals surface area contributed by atoms with Gasteiger partial charge in [-0.3, -0.25) is 4.68 Å². The Morgan fingerprint density at radius 1 is 1.33 bits per heavy atom. The summed E-state index contributed by atoms with van der Waals surface area (Å²) in [5.74, 6) is 2.37. The van der Waals surface area contributed by atoms with Gasteiger partial charge in [0.25, 0.3) is 0 Å². The molecule has 5 nitrogen and oxygen atoms in total. The number of hydrogen-bond donors (Lipinski definition) is 1. The maximum Gasteiger partial charge on any atom is 0.358 e. The molecule has 1 aliphatic carbocycles. The van der Waals surface area contributed by atoms with Gasteiger partial charge in [-0.2, -0.15) is 16.9 Å². The van der Waals surface area contributed by atoms with Crippen LogP contribution in [0.5, 0.6) is 5.75 Å². The minimum Gasteiger partial charge on any atom is -0.486 e. The van der Waals surface area contributed by atoms with Crippen molar-refractivity contribution in [2.45, 2.75) is 51.2 Å². The molecule has 3 rings (SSSR count). The molecule has 1 aromatic heterocycles. The highest BCUT2D eigenvalue weighted by molar-refractivity contribution is 7.99. The van der Waals surface area contributed by atoms with Crippen molar-refractivity contribution in [1.29, 1.82) is 0 Å². The SMILES string of the molecule is O=C(O)c1c(OC2CCCC2)cnn1CC1CCSCC1. The molecule has 1 saturated carbocycles. The highest BCUT2D eigenvalue weighted by Gasteiger charge is 2.25. The molecule has 0 radical (unpaired) electrons.